The Hall–Kier alpha value is 0.260. The van der Waals surface area contributed by atoms with Gasteiger partial charge in [0, 0.05) is 125 Å². The molecule has 0 aromatic rings. The smallest absolute Gasteiger partial charge is 0.223 e. The van der Waals surface area contributed by atoms with Crippen LogP contribution >= 0.6 is 94.1 Å². The van der Waals surface area contributed by atoms with Gasteiger partial charge in [-0.1, -0.05) is 72.8 Å². The Balaban J connectivity index is 3.93. The van der Waals surface area contributed by atoms with Gasteiger partial charge in [0.15, 0.2) is 0 Å². The van der Waals surface area contributed by atoms with E-state index in [9.17, 15) is 19.2 Å². The first-order valence-electron chi connectivity index (χ1n) is 33.4. The molecule has 0 aliphatic rings. The van der Waals surface area contributed by atoms with Crippen LogP contribution in [0.2, 0.25) is 0 Å². The first kappa shape index (κ1) is 82.3. The molecule has 0 unspecified atom stereocenters. The van der Waals surface area contributed by atoms with Gasteiger partial charge >= 0.3 is 0 Å². The Morgan fingerprint density at radius 1 is 0.321 bits per heavy atom. The Morgan fingerprint density at radius 3 is 0.881 bits per heavy atom. The summed E-state index contributed by atoms with van der Waals surface area (Å²) in [6.45, 7) is 24.9. The fourth-order valence-corrected chi connectivity index (χ4v) is 15.1. The van der Waals surface area contributed by atoms with E-state index in [-0.39, 0.29) is 17.7 Å². The van der Waals surface area contributed by atoms with Crippen LogP contribution in [-0.4, -0.2) is 240 Å². The van der Waals surface area contributed by atoms with E-state index in [4.69, 9.17) is 20.3 Å². The SMILES string of the molecule is [2H]CCCCSCCOCCOCCSCCC(=O)N(CCCC)CCCSCCCCSCCC(=O)N(CCCC)CCCSCCOCCOCCSCCC(=O)N(CCCC)CCCSCCCCSCCC(=O)N(CC=C)CCCC. The minimum atomic E-state index is 0.252. The van der Waals surface area contributed by atoms with Gasteiger partial charge in [0.25, 0.3) is 0 Å². The fraction of sp³-hybridized carbons (Fsp3) is 0.906. The predicted molar refractivity (Wildman–Crippen MR) is 384 cm³/mol. The minimum absolute atomic E-state index is 0.252. The van der Waals surface area contributed by atoms with Crippen molar-refractivity contribution >= 4 is 118 Å². The van der Waals surface area contributed by atoms with E-state index in [0.717, 1.165) is 228 Å². The number of ether oxygens (including phenoxy) is 4. The van der Waals surface area contributed by atoms with E-state index in [1.54, 1.807) is 23.5 Å². The van der Waals surface area contributed by atoms with Crippen molar-refractivity contribution < 1.29 is 39.5 Å². The molecule has 496 valence electrons. The van der Waals surface area contributed by atoms with E-state index in [1.807, 2.05) is 81.5 Å². The number of hydrogen-bond acceptors (Lipinski definition) is 16. The maximum atomic E-state index is 13.2. The van der Waals surface area contributed by atoms with Gasteiger partial charge in [-0.15, -0.1) is 6.58 Å². The van der Waals surface area contributed by atoms with Crippen LogP contribution in [0.15, 0.2) is 12.7 Å². The second-order valence-electron chi connectivity index (χ2n) is 20.7. The Morgan fingerprint density at radius 2 is 0.571 bits per heavy atom. The van der Waals surface area contributed by atoms with E-state index in [2.05, 4.69) is 49.0 Å². The van der Waals surface area contributed by atoms with Gasteiger partial charge in [0.1, 0.15) is 0 Å². The van der Waals surface area contributed by atoms with E-state index < -0.39 is 0 Å². The van der Waals surface area contributed by atoms with Crippen molar-refractivity contribution in [1.82, 2.24) is 19.6 Å². The molecule has 0 aromatic carbocycles. The summed E-state index contributed by atoms with van der Waals surface area (Å²) in [5.74, 6) is 17.2. The number of unbranched alkanes of at least 4 members (excludes halogenated alkanes) is 7. The Bertz CT molecular complexity index is 1500. The molecule has 0 fully saturated rings. The highest BCUT2D eigenvalue weighted by molar-refractivity contribution is 8.00. The minimum Gasteiger partial charge on any atom is -0.378 e. The summed E-state index contributed by atoms with van der Waals surface area (Å²) in [6.07, 6.45) is 22.8. The van der Waals surface area contributed by atoms with Gasteiger partial charge in [0.05, 0.1) is 52.9 Å². The second kappa shape index (κ2) is 69.2. The summed E-state index contributed by atoms with van der Waals surface area (Å²) in [5, 5.41) is 0. The van der Waals surface area contributed by atoms with Crippen LogP contribution in [0.25, 0.3) is 0 Å². The summed E-state index contributed by atoms with van der Waals surface area (Å²) in [5.41, 5.74) is 0. The molecule has 0 aliphatic carbocycles. The third-order valence-corrected chi connectivity index (χ3v) is 21.7. The van der Waals surface area contributed by atoms with E-state index in [0.29, 0.717) is 91.3 Å². The Labute approximate surface area is 552 Å². The molecule has 0 aliphatic heterocycles. The number of hydrogen-bond donors (Lipinski definition) is 0. The number of carbonyl (C=O) groups is 4. The normalized spacial score (nSPS) is 11.5. The summed E-state index contributed by atoms with van der Waals surface area (Å²) in [6, 6.07) is 0. The fourth-order valence-electron chi connectivity index (χ4n) is 8.25. The average Bonchev–Trinajstić information content (AvgIpc) is 3.50. The molecule has 4 amide bonds. The largest absolute Gasteiger partial charge is 0.378 e. The summed E-state index contributed by atoms with van der Waals surface area (Å²) >= 11 is 15.2. The van der Waals surface area contributed by atoms with Gasteiger partial charge in [-0.25, -0.2) is 0 Å². The maximum Gasteiger partial charge on any atom is 0.223 e. The van der Waals surface area contributed by atoms with Crippen LogP contribution in [-0.2, 0) is 38.1 Å². The highest BCUT2D eigenvalue weighted by Crippen LogP contribution is 2.17. The van der Waals surface area contributed by atoms with E-state index >= 15 is 0 Å². The lowest BCUT2D eigenvalue weighted by Crippen LogP contribution is -2.33. The monoisotopic (exact) mass is 1330 g/mol. The van der Waals surface area contributed by atoms with Crippen molar-refractivity contribution in [2.45, 2.75) is 169 Å². The predicted octanol–water partition coefficient (Wildman–Crippen LogP) is 14.7. The van der Waals surface area contributed by atoms with Crippen molar-refractivity contribution in [3.8, 4) is 0 Å². The van der Waals surface area contributed by atoms with Crippen molar-refractivity contribution in [3.05, 3.63) is 12.7 Å². The third-order valence-electron chi connectivity index (χ3n) is 13.3. The lowest BCUT2D eigenvalue weighted by Gasteiger charge is -2.22. The number of nitrogens with zero attached hydrogens (tertiary/aromatic N) is 4. The van der Waals surface area contributed by atoms with Crippen LogP contribution in [0.1, 0.15) is 171 Å². The molecule has 20 heteroatoms. The molecule has 0 aromatic heterocycles. The van der Waals surface area contributed by atoms with Gasteiger partial charge in [-0.05, 0) is 123 Å². The molecule has 0 spiro atoms. The van der Waals surface area contributed by atoms with Gasteiger partial charge in [-0.2, -0.15) is 94.1 Å². The van der Waals surface area contributed by atoms with Crippen LogP contribution < -0.4 is 0 Å². The quantitative estimate of drug-likeness (QED) is 0.0424. The zero-order chi connectivity index (χ0) is 62.0. The molecule has 0 atom stereocenters. The van der Waals surface area contributed by atoms with Gasteiger partial charge in [0.2, 0.25) is 23.6 Å². The van der Waals surface area contributed by atoms with Crippen molar-refractivity contribution in [2.75, 3.05) is 197 Å². The first-order valence-corrected chi connectivity index (χ1v) is 42.0. The van der Waals surface area contributed by atoms with Crippen molar-refractivity contribution in [3.63, 3.8) is 0 Å². The molecule has 0 saturated heterocycles. The molecule has 84 heavy (non-hydrogen) atoms. The zero-order valence-corrected chi connectivity index (χ0v) is 60.3. The van der Waals surface area contributed by atoms with Gasteiger partial charge < -0.3 is 38.5 Å². The van der Waals surface area contributed by atoms with Gasteiger partial charge in [-0.3, -0.25) is 19.2 Å². The average molecular weight is 1340 g/mol. The third kappa shape index (κ3) is 57.4. The molecule has 0 radical (unpaired) electrons. The van der Waals surface area contributed by atoms with E-state index in [1.165, 1.54) is 25.7 Å². The highest BCUT2D eigenvalue weighted by atomic mass is 32.2. The standard InChI is InChI=1S/C64H124N4O8S8/c1-7-13-30-65(29-12-6)61(69)25-53-79-48-20-18-46-77-50-22-34-66(31-14-8-2)64(72)28-56-84-60-44-76-40-38-74-42-58-82-52-24-36-68(33-16-10-4)62(70)26-54-80-49-21-19-47-78-51-23-35-67(32-15-9-3)63(71)27-55-83-59-43-75-39-37-73-41-57-81-45-17-11-5/h12H,6-11,13-60H2,1-5H3/i5D. The lowest BCUT2D eigenvalue weighted by molar-refractivity contribution is -0.131. The Kier molecular flexibility index (Phi) is 67.7. The molecule has 12 nitrogen and oxygen atoms in total. The maximum absolute atomic E-state index is 13.2. The van der Waals surface area contributed by atoms with Crippen LogP contribution in [0.5, 0.6) is 0 Å². The number of amides is 4. The van der Waals surface area contributed by atoms with Crippen molar-refractivity contribution in [1.29, 1.82) is 0 Å². The number of thioether (sulfide) groups is 8. The van der Waals surface area contributed by atoms with Crippen LogP contribution in [0.4, 0.5) is 0 Å². The topological polar surface area (TPSA) is 118 Å². The molecule has 0 N–H and O–H groups in total. The number of carbonyl (C=O) groups excluding carboxylic acids is 4. The first-order chi connectivity index (χ1) is 41.8. The molecule has 0 bridgehead atoms. The summed E-state index contributed by atoms with van der Waals surface area (Å²) in [4.78, 5) is 60.1. The lowest BCUT2D eigenvalue weighted by atomic mass is 10.2. The molecule has 0 heterocycles. The molecular weight excluding hydrogens is 1210 g/mol. The van der Waals surface area contributed by atoms with Crippen LogP contribution in [0.3, 0.4) is 0 Å². The zero-order valence-electron chi connectivity index (χ0n) is 54.8. The molecule has 0 saturated carbocycles. The molecule has 0 rings (SSSR count). The van der Waals surface area contributed by atoms with Crippen LogP contribution in [0, 0.1) is 0 Å². The summed E-state index contributed by atoms with van der Waals surface area (Å²) in [7, 11) is 0. The highest BCUT2D eigenvalue weighted by Gasteiger charge is 2.16. The van der Waals surface area contributed by atoms with Crippen molar-refractivity contribution in [2.24, 2.45) is 0 Å². The second-order valence-corrected chi connectivity index (χ2v) is 30.5. The number of rotatable bonds is 69. The summed E-state index contributed by atoms with van der Waals surface area (Å²) < 4.78 is 30.2. The molecular formula is C64H124N4O8S8.